The van der Waals surface area contributed by atoms with Crippen LogP contribution >= 0.6 is 0 Å². The SMILES string of the molecule is CCOCCN(CCCCc1ccc2c(n1)NCCC2)CCC(NC(=O)c1ccccc1F)C(=O)O. The maximum atomic E-state index is 13.9. The van der Waals surface area contributed by atoms with E-state index in [1.807, 2.05) is 6.92 Å². The molecule has 0 spiro atoms. The molecule has 0 aliphatic carbocycles. The quantitative estimate of drug-likeness (QED) is 0.322. The lowest BCUT2D eigenvalue weighted by atomic mass is 10.1. The number of pyridine rings is 1. The molecule has 0 saturated heterocycles. The van der Waals surface area contributed by atoms with Crippen molar-refractivity contribution >= 4 is 17.7 Å². The number of unbranched alkanes of at least 4 members (excludes halogenated alkanes) is 1. The smallest absolute Gasteiger partial charge is 0.326 e. The van der Waals surface area contributed by atoms with Gasteiger partial charge in [-0.3, -0.25) is 4.79 Å². The van der Waals surface area contributed by atoms with Crippen LogP contribution in [0, 0.1) is 5.82 Å². The molecule has 0 saturated carbocycles. The number of carbonyl (C=O) groups is 2. The zero-order chi connectivity index (χ0) is 25.8. The highest BCUT2D eigenvalue weighted by Gasteiger charge is 2.23. The van der Waals surface area contributed by atoms with E-state index in [-0.39, 0.29) is 12.0 Å². The molecule has 2 heterocycles. The van der Waals surface area contributed by atoms with Gasteiger partial charge >= 0.3 is 5.97 Å². The molecule has 2 aromatic rings. The Bertz CT molecular complexity index is 1000. The number of amides is 1. The standard InChI is InChI=1S/C27H37FN4O4/c1-2-36-19-18-32(16-6-5-9-21-13-12-20-8-7-15-29-25(20)30-21)17-14-24(27(34)35)31-26(33)22-10-3-4-11-23(22)28/h3-4,10-13,24H,2,5-9,14-19H2,1H3,(H,29,30)(H,31,33)(H,34,35). The van der Waals surface area contributed by atoms with E-state index in [1.165, 1.54) is 23.8 Å². The second-order valence-corrected chi connectivity index (χ2v) is 8.97. The maximum absolute atomic E-state index is 13.9. The zero-order valence-corrected chi connectivity index (χ0v) is 21.0. The number of ether oxygens (including phenoxy) is 1. The first-order valence-electron chi connectivity index (χ1n) is 12.8. The van der Waals surface area contributed by atoms with Gasteiger partial charge in [0.05, 0.1) is 12.2 Å². The van der Waals surface area contributed by atoms with Gasteiger partial charge in [-0.15, -0.1) is 0 Å². The van der Waals surface area contributed by atoms with Crippen LogP contribution in [-0.4, -0.2) is 72.3 Å². The number of aryl methyl sites for hydroxylation is 2. The third-order valence-electron chi connectivity index (χ3n) is 6.32. The Labute approximate surface area is 212 Å². The molecule has 3 N–H and O–H groups in total. The van der Waals surface area contributed by atoms with Gasteiger partial charge in [0.25, 0.3) is 5.91 Å². The first-order valence-corrected chi connectivity index (χ1v) is 12.8. The first kappa shape index (κ1) is 27.5. The number of hydrogen-bond donors (Lipinski definition) is 3. The van der Waals surface area contributed by atoms with E-state index in [4.69, 9.17) is 9.72 Å². The Morgan fingerprint density at radius 1 is 1.19 bits per heavy atom. The summed E-state index contributed by atoms with van der Waals surface area (Å²) in [5, 5.41) is 15.5. The highest BCUT2D eigenvalue weighted by Crippen LogP contribution is 2.20. The predicted molar refractivity (Wildman–Crippen MR) is 137 cm³/mol. The van der Waals surface area contributed by atoms with Crippen molar-refractivity contribution < 1.29 is 23.8 Å². The lowest BCUT2D eigenvalue weighted by Crippen LogP contribution is -2.43. The molecule has 1 aromatic heterocycles. The Morgan fingerprint density at radius 2 is 2.03 bits per heavy atom. The fourth-order valence-electron chi connectivity index (χ4n) is 4.27. The van der Waals surface area contributed by atoms with Crippen molar-refractivity contribution in [3.05, 3.63) is 59.0 Å². The molecule has 3 rings (SSSR count). The van der Waals surface area contributed by atoms with Crippen molar-refractivity contribution in [2.75, 3.05) is 44.7 Å². The summed E-state index contributed by atoms with van der Waals surface area (Å²) >= 11 is 0. The van der Waals surface area contributed by atoms with E-state index >= 15 is 0 Å². The number of benzene rings is 1. The number of aromatic nitrogens is 1. The summed E-state index contributed by atoms with van der Waals surface area (Å²) < 4.78 is 19.4. The van der Waals surface area contributed by atoms with Gasteiger partial charge < -0.3 is 25.4 Å². The Balaban J connectivity index is 1.49. The molecule has 0 bridgehead atoms. The van der Waals surface area contributed by atoms with Crippen LogP contribution in [0.2, 0.25) is 0 Å². The number of rotatable bonds is 15. The van der Waals surface area contributed by atoms with Crippen LogP contribution in [0.1, 0.15) is 54.2 Å². The lowest BCUT2D eigenvalue weighted by Gasteiger charge is -2.24. The maximum Gasteiger partial charge on any atom is 0.326 e. The monoisotopic (exact) mass is 500 g/mol. The van der Waals surface area contributed by atoms with Crippen molar-refractivity contribution in [1.82, 2.24) is 15.2 Å². The number of anilines is 1. The number of halogens is 1. The van der Waals surface area contributed by atoms with Crippen LogP contribution in [0.5, 0.6) is 0 Å². The molecule has 1 atom stereocenters. The number of fused-ring (bicyclic) bond motifs is 1. The molecule has 36 heavy (non-hydrogen) atoms. The summed E-state index contributed by atoms with van der Waals surface area (Å²) in [5.41, 5.74) is 2.19. The highest BCUT2D eigenvalue weighted by molar-refractivity contribution is 5.96. The Morgan fingerprint density at radius 3 is 2.81 bits per heavy atom. The van der Waals surface area contributed by atoms with Crippen molar-refractivity contribution in [2.45, 2.75) is 51.5 Å². The van der Waals surface area contributed by atoms with Crippen molar-refractivity contribution in [3.63, 3.8) is 0 Å². The number of nitrogens with zero attached hydrogens (tertiary/aromatic N) is 2. The number of carboxylic acids is 1. The molecule has 8 nitrogen and oxygen atoms in total. The zero-order valence-electron chi connectivity index (χ0n) is 21.0. The van der Waals surface area contributed by atoms with Crippen molar-refractivity contribution in [1.29, 1.82) is 0 Å². The normalized spacial score (nSPS) is 13.6. The van der Waals surface area contributed by atoms with Gasteiger partial charge in [-0.2, -0.15) is 0 Å². The molecule has 0 fully saturated rings. The fraction of sp³-hybridized carbons (Fsp3) is 0.519. The fourth-order valence-corrected chi connectivity index (χ4v) is 4.27. The third-order valence-corrected chi connectivity index (χ3v) is 6.32. The predicted octanol–water partition coefficient (Wildman–Crippen LogP) is 3.51. The molecule has 1 amide bonds. The number of aliphatic carboxylic acids is 1. The summed E-state index contributed by atoms with van der Waals surface area (Å²) in [4.78, 5) is 31.1. The molecular formula is C27H37FN4O4. The van der Waals surface area contributed by atoms with Crippen molar-refractivity contribution in [2.24, 2.45) is 0 Å². The topological polar surface area (TPSA) is 104 Å². The van der Waals surface area contributed by atoms with Crippen LogP contribution < -0.4 is 10.6 Å². The number of nitrogens with one attached hydrogen (secondary N) is 2. The van der Waals surface area contributed by atoms with E-state index in [2.05, 4.69) is 27.7 Å². The van der Waals surface area contributed by atoms with Gasteiger partial charge in [-0.1, -0.05) is 18.2 Å². The minimum Gasteiger partial charge on any atom is -0.480 e. The van der Waals surface area contributed by atoms with Crippen LogP contribution in [0.25, 0.3) is 0 Å². The second kappa shape index (κ2) is 14.5. The van der Waals surface area contributed by atoms with Crippen LogP contribution in [0.15, 0.2) is 36.4 Å². The Kier molecular flexibility index (Phi) is 11.1. The van der Waals surface area contributed by atoms with Crippen molar-refractivity contribution in [3.8, 4) is 0 Å². The third kappa shape index (κ3) is 8.57. The van der Waals surface area contributed by atoms with E-state index in [9.17, 15) is 19.1 Å². The summed E-state index contributed by atoms with van der Waals surface area (Å²) in [5.74, 6) is -1.54. The summed E-state index contributed by atoms with van der Waals surface area (Å²) in [6, 6.07) is 8.70. The van der Waals surface area contributed by atoms with Gasteiger partial charge in [0.2, 0.25) is 0 Å². The average molecular weight is 501 g/mol. The molecule has 1 unspecified atom stereocenters. The average Bonchev–Trinajstić information content (AvgIpc) is 2.88. The molecular weight excluding hydrogens is 463 g/mol. The molecule has 9 heteroatoms. The van der Waals surface area contributed by atoms with Gasteiger partial charge in [0.1, 0.15) is 17.7 Å². The van der Waals surface area contributed by atoms with E-state index in [0.717, 1.165) is 56.7 Å². The van der Waals surface area contributed by atoms with Crippen LogP contribution in [0.4, 0.5) is 10.2 Å². The summed E-state index contributed by atoms with van der Waals surface area (Å²) in [6.45, 7) is 5.99. The number of hydrogen-bond acceptors (Lipinski definition) is 6. The second-order valence-electron chi connectivity index (χ2n) is 8.97. The molecule has 1 aliphatic rings. The van der Waals surface area contributed by atoms with E-state index in [0.29, 0.717) is 26.3 Å². The minimum atomic E-state index is -1.14. The summed E-state index contributed by atoms with van der Waals surface area (Å²) in [6.07, 6.45) is 5.19. The highest BCUT2D eigenvalue weighted by atomic mass is 19.1. The molecule has 196 valence electrons. The first-order chi connectivity index (χ1) is 17.5. The van der Waals surface area contributed by atoms with Gasteiger partial charge in [-0.25, -0.2) is 14.2 Å². The van der Waals surface area contributed by atoms with Gasteiger partial charge in [0, 0.05) is 31.9 Å². The van der Waals surface area contributed by atoms with Crippen LogP contribution in [-0.2, 0) is 22.4 Å². The summed E-state index contributed by atoms with van der Waals surface area (Å²) in [7, 11) is 0. The van der Waals surface area contributed by atoms with Gasteiger partial charge in [0.15, 0.2) is 0 Å². The van der Waals surface area contributed by atoms with E-state index < -0.39 is 23.7 Å². The van der Waals surface area contributed by atoms with E-state index in [1.54, 1.807) is 6.07 Å². The molecule has 1 aromatic carbocycles. The molecule has 1 aliphatic heterocycles. The minimum absolute atomic E-state index is 0.164. The lowest BCUT2D eigenvalue weighted by molar-refractivity contribution is -0.139. The van der Waals surface area contributed by atoms with Crippen LogP contribution in [0.3, 0.4) is 0 Å². The molecule has 0 radical (unpaired) electrons. The largest absolute Gasteiger partial charge is 0.480 e. The number of carboxylic acid groups (broad SMARTS) is 1. The number of carbonyl (C=O) groups excluding carboxylic acids is 1. The van der Waals surface area contributed by atoms with Gasteiger partial charge in [-0.05, 0) is 75.8 Å². The Hall–Kier alpha value is -3.04.